The molecule has 0 radical (unpaired) electrons. The van der Waals surface area contributed by atoms with E-state index < -0.39 is 0 Å². The summed E-state index contributed by atoms with van der Waals surface area (Å²) >= 11 is 0. The fourth-order valence-electron chi connectivity index (χ4n) is 2.23. The number of aromatic nitrogens is 2. The lowest BCUT2D eigenvalue weighted by Gasteiger charge is -2.09. The molecule has 92 valence electrons. The third-order valence-electron chi connectivity index (χ3n) is 3.17. The van der Waals surface area contributed by atoms with Gasteiger partial charge < -0.3 is 5.73 Å². The molecule has 1 aromatic heterocycles. The van der Waals surface area contributed by atoms with E-state index in [9.17, 15) is 0 Å². The smallest absolute Gasteiger partial charge is 0.205 e. The van der Waals surface area contributed by atoms with Gasteiger partial charge in [0.15, 0.2) is 0 Å². The lowest BCUT2D eigenvalue weighted by Crippen LogP contribution is -2.02. The van der Waals surface area contributed by atoms with Crippen molar-refractivity contribution >= 4 is 17.0 Å². The molecule has 4 nitrogen and oxygen atoms in total. The largest absolute Gasteiger partial charge is 0.369 e. The quantitative estimate of drug-likeness (QED) is 0.720. The summed E-state index contributed by atoms with van der Waals surface area (Å²) in [5.74, 6) is 0.430. The number of imidazole rings is 1. The molecule has 1 heterocycles. The molecule has 0 aliphatic heterocycles. The summed E-state index contributed by atoms with van der Waals surface area (Å²) in [7, 11) is 0. The molecule has 0 spiro atoms. The van der Waals surface area contributed by atoms with Crippen LogP contribution < -0.4 is 5.73 Å². The van der Waals surface area contributed by atoms with Crippen LogP contribution in [0.4, 0.5) is 5.95 Å². The van der Waals surface area contributed by atoms with E-state index >= 15 is 0 Å². The van der Waals surface area contributed by atoms with Gasteiger partial charge in [0.05, 0.1) is 28.4 Å². The summed E-state index contributed by atoms with van der Waals surface area (Å²) in [6.45, 7) is 2.02. The van der Waals surface area contributed by atoms with Crippen LogP contribution in [0.15, 0.2) is 42.5 Å². The minimum Gasteiger partial charge on any atom is -0.369 e. The van der Waals surface area contributed by atoms with Gasteiger partial charge in [-0.05, 0) is 36.8 Å². The molecule has 3 rings (SSSR count). The number of para-hydroxylation sites is 1. The van der Waals surface area contributed by atoms with Gasteiger partial charge in [0.1, 0.15) is 0 Å². The highest BCUT2D eigenvalue weighted by molar-refractivity contribution is 5.82. The molecule has 0 atom stereocenters. The molecule has 0 unspecified atom stereocenters. The molecule has 19 heavy (non-hydrogen) atoms. The number of anilines is 1. The van der Waals surface area contributed by atoms with Gasteiger partial charge in [0.2, 0.25) is 5.95 Å². The summed E-state index contributed by atoms with van der Waals surface area (Å²) < 4.78 is 1.88. The first kappa shape index (κ1) is 11.3. The minimum atomic E-state index is 0.430. The van der Waals surface area contributed by atoms with Crippen LogP contribution in [-0.2, 0) is 0 Å². The van der Waals surface area contributed by atoms with E-state index in [1.165, 1.54) is 0 Å². The van der Waals surface area contributed by atoms with E-state index in [0.717, 1.165) is 22.3 Å². The monoisotopic (exact) mass is 248 g/mol. The van der Waals surface area contributed by atoms with Gasteiger partial charge >= 0.3 is 0 Å². The first-order valence-electron chi connectivity index (χ1n) is 5.95. The lowest BCUT2D eigenvalue weighted by molar-refractivity contribution is 1.09. The van der Waals surface area contributed by atoms with E-state index in [0.29, 0.717) is 11.5 Å². The molecule has 4 heteroatoms. The number of fused-ring (bicyclic) bond motifs is 1. The third-order valence-corrected chi connectivity index (χ3v) is 3.17. The number of hydrogen-bond acceptors (Lipinski definition) is 3. The summed E-state index contributed by atoms with van der Waals surface area (Å²) in [6, 6.07) is 15.5. The Bertz CT molecular complexity index is 809. The van der Waals surface area contributed by atoms with E-state index in [1.54, 1.807) is 6.07 Å². The Morgan fingerprint density at radius 2 is 2.00 bits per heavy atom. The number of nitrogen functional groups attached to an aromatic ring is 1. The Hall–Kier alpha value is -2.80. The predicted octanol–water partition coefficient (Wildman–Crippen LogP) is 2.79. The van der Waals surface area contributed by atoms with Gasteiger partial charge in [-0.25, -0.2) is 4.98 Å². The van der Waals surface area contributed by atoms with Crippen LogP contribution in [0.1, 0.15) is 11.1 Å². The Labute approximate surface area is 110 Å². The summed E-state index contributed by atoms with van der Waals surface area (Å²) in [5, 5.41) is 9.01. The average molecular weight is 248 g/mol. The van der Waals surface area contributed by atoms with Crippen molar-refractivity contribution in [3.8, 4) is 11.8 Å². The molecule has 3 aromatic rings. The van der Waals surface area contributed by atoms with Crippen LogP contribution >= 0.6 is 0 Å². The second kappa shape index (κ2) is 4.14. The first-order chi connectivity index (χ1) is 9.20. The number of rotatable bonds is 1. The van der Waals surface area contributed by atoms with Gasteiger partial charge in [0.25, 0.3) is 0 Å². The normalized spacial score (nSPS) is 10.5. The highest BCUT2D eigenvalue weighted by Gasteiger charge is 2.11. The van der Waals surface area contributed by atoms with Gasteiger partial charge in [-0.3, -0.25) is 4.57 Å². The van der Waals surface area contributed by atoms with Crippen molar-refractivity contribution in [2.24, 2.45) is 0 Å². The van der Waals surface area contributed by atoms with E-state index in [1.807, 2.05) is 47.9 Å². The molecule has 0 saturated heterocycles. The first-order valence-corrected chi connectivity index (χ1v) is 5.95. The fraction of sp³-hybridized carbons (Fsp3) is 0.0667. The Morgan fingerprint density at radius 1 is 1.21 bits per heavy atom. The number of nitrogens with two attached hydrogens (primary N) is 1. The summed E-state index contributed by atoms with van der Waals surface area (Å²) in [4.78, 5) is 4.34. The average Bonchev–Trinajstić information content (AvgIpc) is 2.74. The fourth-order valence-corrected chi connectivity index (χ4v) is 2.23. The standard InChI is InChI=1S/C15H12N4/c1-10-4-2-3-5-13(10)19-14-8-11(9-16)6-7-12(14)18-15(19)17/h2-8H,1H3,(H2,17,18). The van der Waals surface area contributed by atoms with Crippen LogP contribution in [0.2, 0.25) is 0 Å². The number of aryl methyl sites for hydroxylation is 1. The molecule has 0 aliphatic rings. The van der Waals surface area contributed by atoms with Crippen molar-refractivity contribution in [1.29, 1.82) is 5.26 Å². The second-order valence-electron chi connectivity index (χ2n) is 4.41. The van der Waals surface area contributed by atoms with E-state index in [4.69, 9.17) is 11.0 Å². The molecule has 2 aromatic carbocycles. The van der Waals surface area contributed by atoms with Gasteiger partial charge in [0, 0.05) is 0 Å². The maximum absolute atomic E-state index is 9.01. The number of hydrogen-bond donors (Lipinski definition) is 1. The molecule has 0 fully saturated rings. The molecule has 0 aliphatic carbocycles. The predicted molar refractivity (Wildman–Crippen MR) is 74.9 cm³/mol. The topological polar surface area (TPSA) is 67.6 Å². The second-order valence-corrected chi connectivity index (χ2v) is 4.41. The van der Waals surface area contributed by atoms with Gasteiger partial charge in [-0.1, -0.05) is 18.2 Å². The lowest BCUT2D eigenvalue weighted by atomic mass is 10.2. The summed E-state index contributed by atoms with van der Waals surface area (Å²) in [5.41, 5.74) is 10.3. The highest BCUT2D eigenvalue weighted by Crippen LogP contribution is 2.25. The zero-order valence-electron chi connectivity index (χ0n) is 10.5. The van der Waals surface area contributed by atoms with Crippen LogP contribution in [0.25, 0.3) is 16.7 Å². The van der Waals surface area contributed by atoms with E-state index in [2.05, 4.69) is 11.1 Å². The molecule has 0 bridgehead atoms. The van der Waals surface area contributed by atoms with Crippen molar-refractivity contribution in [2.45, 2.75) is 6.92 Å². The maximum Gasteiger partial charge on any atom is 0.205 e. The van der Waals surface area contributed by atoms with Crippen molar-refractivity contribution < 1.29 is 0 Å². The number of benzene rings is 2. The van der Waals surface area contributed by atoms with Crippen molar-refractivity contribution in [3.63, 3.8) is 0 Å². The van der Waals surface area contributed by atoms with Gasteiger partial charge in [-0.15, -0.1) is 0 Å². The van der Waals surface area contributed by atoms with Crippen molar-refractivity contribution in [3.05, 3.63) is 53.6 Å². The highest BCUT2D eigenvalue weighted by atomic mass is 15.2. The van der Waals surface area contributed by atoms with Crippen LogP contribution in [0.3, 0.4) is 0 Å². The van der Waals surface area contributed by atoms with Crippen molar-refractivity contribution in [2.75, 3.05) is 5.73 Å². The Balaban J connectivity index is 2.38. The third kappa shape index (κ3) is 1.72. The molecule has 0 saturated carbocycles. The zero-order chi connectivity index (χ0) is 13.4. The SMILES string of the molecule is Cc1ccccc1-n1c(N)nc2ccc(C#N)cc21. The van der Waals surface area contributed by atoms with Crippen molar-refractivity contribution in [1.82, 2.24) is 9.55 Å². The van der Waals surface area contributed by atoms with E-state index in [-0.39, 0.29) is 0 Å². The molecular formula is C15H12N4. The molecule has 0 amide bonds. The van der Waals surface area contributed by atoms with Crippen LogP contribution in [0.5, 0.6) is 0 Å². The molecular weight excluding hydrogens is 236 g/mol. The van der Waals surface area contributed by atoms with Gasteiger partial charge in [-0.2, -0.15) is 5.26 Å². The maximum atomic E-state index is 9.01. The Morgan fingerprint density at radius 3 is 2.74 bits per heavy atom. The van der Waals surface area contributed by atoms with Crippen LogP contribution in [-0.4, -0.2) is 9.55 Å². The summed E-state index contributed by atoms with van der Waals surface area (Å²) in [6.07, 6.45) is 0. The Kier molecular flexibility index (Phi) is 2.46. The molecule has 2 N–H and O–H groups in total. The minimum absolute atomic E-state index is 0.430. The number of nitrogens with zero attached hydrogens (tertiary/aromatic N) is 3. The zero-order valence-corrected chi connectivity index (χ0v) is 10.5. The van der Waals surface area contributed by atoms with Crippen LogP contribution in [0, 0.1) is 18.3 Å². The number of nitriles is 1.